The third kappa shape index (κ3) is 4.87. The first kappa shape index (κ1) is 15.5. The molecule has 0 aliphatic heterocycles. The highest BCUT2D eigenvalue weighted by molar-refractivity contribution is 5.39. The Hall–Kier alpha value is -1.87. The molecule has 3 heteroatoms. The summed E-state index contributed by atoms with van der Waals surface area (Å²) in [4.78, 5) is 0. The Morgan fingerprint density at radius 3 is 2.43 bits per heavy atom. The van der Waals surface area contributed by atoms with Gasteiger partial charge in [0.25, 0.3) is 0 Å². The van der Waals surface area contributed by atoms with Crippen LogP contribution in [-0.4, -0.2) is 6.54 Å². The van der Waals surface area contributed by atoms with Crippen LogP contribution in [0.15, 0.2) is 42.5 Å². The molecule has 0 amide bonds. The van der Waals surface area contributed by atoms with Crippen molar-refractivity contribution in [1.29, 1.82) is 0 Å². The topological polar surface area (TPSA) is 21.3 Å². The van der Waals surface area contributed by atoms with E-state index in [4.69, 9.17) is 4.74 Å². The fourth-order valence-electron chi connectivity index (χ4n) is 2.07. The lowest BCUT2D eigenvalue weighted by atomic mass is 10.1. The summed E-state index contributed by atoms with van der Waals surface area (Å²) < 4.78 is 18.6. The van der Waals surface area contributed by atoms with E-state index < -0.39 is 0 Å². The first-order valence-corrected chi connectivity index (χ1v) is 7.28. The van der Waals surface area contributed by atoms with Crippen molar-refractivity contribution in [3.63, 3.8) is 0 Å². The summed E-state index contributed by atoms with van der Waals surface area (Å²) in [6.07, 6.45) is 0. The van der Waals surface area contributed by atoms with Crippen LogP contribution >= 0.6 is 0 Å². The van der Waals surface area contributed by atoms with Gasteiger partial charge in [0.1, 0.15) is 17.3 Å². The van der Waals surface area contributed by atoms with Crippen molar-refractivity contribution in [3.8, 4) is 11.5 Å². The number of ether oxygens (including phenoxy) is 1. The normalized spacial score (nSPS) is 10.9. The molecule has 0 unspecified atom stereocenters. The third-order valence-electron chi connectivity index (χ3n) is 3.16. The van der Waals surface area contributed by atoms with E-state index in [0.29, 0.717) is 11.7 Å². The van der Waals surface area contributed by atoms with Gasteiger partial charge in [0.05, 0.1) is 0 Å². The molecule has 0 spiro atoms. The fraction of sp³-hybridized carbons (Fsp3) is 0.333. The van der Waals surface area contributed by atoms with Gasteiger partial charge in [-0.1, -0.05) is 26.0 Å². The highest BCUT2D eigenvalue weighted by Gasteiger charge is 2.04. The minimum Gasteiger partial charge on any atom is -0.457 e. The SMILES string of the molecule is Cc1cc(CNCC(C)C)ccc1Oc1ccc(F)cc1. The maximum absolute atomic E-state index is 12.9. The van der Waals surface area contributed by atoms with Crippen LogP contribution in [0.3, 0.4) is 0 Å². The Morgan fingerprint density at radius 2 is 1.81 bits per heavy atom. The second-order valence-corrected chi connectivity index (χ2v) is 5.68. The minimum atomic E-state index is -0.259. The Morgan fingerprint density at radius 1 is 1.10 bits per heavy atom. The van der Waals surface area contributed by atoms with Crippen LogP contribution < -0.4 is 10.1 Å². The summed E-state index contributed by atoms with van der Waals surface area (Å²) in [7, 11) is 0. The number of hydrogen-bond acceptors (Lipinski definition) is 2. The molecule has 2 aromatic rings. The van der Waals surface area contributed by atoms with E-state index in [0.717, 1.165) is 24.4 Å². The zero-order valence-electron chi connectivity index (χ0n) is 12.8. The van der Waals surface area contributed by atoms with Crippen LogP contribution in [0.5, 0.6) is 11.5 Å². The van der Waals surface area contributed by atoms with Crippen LogP contribution in [-0.2, 0) is 6.54 Å². The van der Waals surface area contributed by atoms with Crippen molar-refractivity contribution in [2.75, 3.05) is 6.54 Å². The predicted octanol–water partition coefficient (Wildman–Crippen LogP) is 4.67. The Kier molecular flexibility index (Phi) is 5.34. The maximum Gasteiger partial charge on any atom is 0.130 e. The molecular weight excluding hydrogens is 265 g/mol. The van der Waals surface area contributed by atoms with Gasteiger partial charge in [-0.3, -0.25) is 0 Å². The van der Waals surface area contributed by atoms with Gasteiger partial charge in [0.15, 0.2) is 0 Å². The van der Waals surface area contributed by atoms with Crippen LogP contribution in [0, 0.1) is 18.7 Å². The summed E-state index contributed by atoms with van der Waals surface area (Å²) in [6, 6.07) is 12.2. The van der Waals surface area contributed by atoms with Crippen molar-refractivity contribution < 1.29 is 9.13 Å². The van der Waals surface area contributed by atoms with E-state index in [-0.39, 0.29) is 5.82 Å². The fourth-order valence-corrected chi connectivity index (χ4v) is 2.07. The van der Waals surface area contributed by atoms with E-state index in [9.17, 15) is 4.39 Å². The van der Waals surface area contributed by atoms with E-state index in [1.54, 1.807) is 12.1 Å². The molecule has 0 bridgehead atoms. The lowest BCUT2D eigenvalue weighted by Crippen LogP contribution is -2.18. The highest BCUT2D eigenvalue weighted by Crippen LogP contribution is 2.25. The van der Waals surface area contributed by atoms with Crippen molar-refractivity contribution in [1.82, 2.24) is 5.32 Å². The van der Waals surface area contributed by atoms with E-state index in [1.165, 1.54) is 17.7 Å². The van der Waals surface area contributed by atoms with Crippen molar-refractivity contribution in [2.45, 2.75) is 27.3 Å². The molecule has 112 valence electrons. The highest BCUT2D eigenvalue weighted by atomic mass is 19.1. The molecule has 0 radical (unpaired) electrons. The van der Waals surface area contributed by atoms with E-state index in [2.05, 4.69) is 31.3 Å². The van der Waals surface area contributed by atoms with Crippen molar-refractivity contribution in [3.05, 3.63) is 59.4 Å². The molecule has 21 heavy (non-hydrogen) atoms. The Labute approximate surface area is 126 Å². The predicted molar refractivity (Wildman–Crippen MR) is 84.2 cm³/mol. The molecule has 1 N–H and O–H groups in total. The number of halogens is 1. The summed E-state index contributed by atoms with van der Waals surface area (Å²) in [5, 5.41) is 3.42. The number of hydrogen-bond donors (Lipinski definition) is 1. The molecule has 0 saturated heterocycles. The maximum atomic E-state index is 12.9. The third-order valence-corrected chi connectivity index (χ3v) is 3.16. The molecule has 2 aromatic carbocycles. The van der Waals surface area contributed by atoms with Gasteiger partial charge in [0, 0.05) is 6.54 Å². The summed E-state index contributed by atoms with van der Waals surface area (Å²) >= 11 is 0. The number of benzene rings is 2. The summed E-state index contributed by atoms with van der Waals surface area (Å²) in [5.74, 6) is 1.83. The number of nitrogens with one attached hydrogen (secondary N) is 1. The monoisotopic (exact) mass is 287 g/mol. The van der Waals surface area contributed by atoms with Gasteiger partial charge < -0.3 is 10.1 Å². The van der Waals surface area contributed by atoms with Crippen molar-refractivity contribution >= 4 is 0 Å². The van der Waals surface area contributed by atoms with Crippen molar-refractivity contribution in [2.24, 2.45) is 5.92 Å². The van der Waals surface area contributed by atoms with Gasteiger partial charge in [0.2, 0.25) is 0 Å². The van der Waals surface area contributed by atoms with Gasteiger partial charge in [-0.05, 0) is 60.8 Å². The quantitative estimate of drug-likeness (QED) is 0.833. The number of aryl methyl sites for hydroxylation is 1. The van der Waals surface area contributed by atoms with Crippen LogP contribution in [0.1, 0.15) is 25.0 Å². The molecular formula is C18H22FNO. The Bertz CT molecular complexity index is 578. The second-order valence-electron chi connectivity index (χ2n) is 5.68. The standard InChI is InChI=1S/C18H22FNO/c1-13(2)11-20-12-15-4-9-18(14(3)10-15)21-17-7-5-16(19)6-8-17/h4-10,13,20H,11-12H2,1-3H3. The molecule has 0 heterocycles. The molecule has 0 atom stereocenters. The lowest BCUT2D eigenvalue weighted by molar-refractivity contribution is 0.476. The molecule has 0 aromatic heterocycles. The average molecular weight is 287 g/mol. The van der Waals surface area contributed by atoms with E-state index >= 15 is 0 Å². The number of rotatable bonds is 6. The van der Waals surface area contributed by atoms with Gasteiger partial charge in [-0.15, -0.1) is 0 Å². The van der Waals surface area contributed by atoms with Gasteiger partial charge in [-0.2, -0.15) is 0 Å². The second kappa shape index (κ2) is 7.23. The molecule has 2 nitrogen and oxygen atoms in total. The zero-order valence-corrected chi connectivity index (χ0v) is 12.8. The van der Waals surface area contributed by atoms with Crippen LogP contribution in [0.4, 0.5) is 4.39 Å². The molecule has 0 aliphatic carbocycles. The summed E-state index contributed by atoms with van der Waals surface area (Å²) in [5.41, 5.74) is 2.31. The smallest absolute Gasteiger partial charge is 0.130 e. The van der Waals surface area contributed by atoms with Crippen LogP contribution in [0.2, 0.25) is 0 Å². The van der Waals surface area contributed by atoms with E-state index in [1.807, 2.05) is 13.0 Å². The molecule has 0 saturated carbocycles. The lowest BCUT2D eigenvalue weighted by Gasteiger charge is -2.12. The first-order chi connectivity index (χ1) is 10.0. The zero-order chi connectivity index (χ0) is 15.2. The molecule has 0 fully saturated rings. The average Bonchev–Trinajstić information content (AvgIpc) is 2.44. The van der Waals surface area contributed by atoms with Crippen LogP contribution in [0.25, 0.3) is 0 Å². The summed E-state index contributed by atoms with van der Waals surface area (Å²) in [6.45, 7) is 8.27. The molecule has 2 rings (SSSR count). The van der Waals surface area contributed by atoms with Gasteiger partial charge >= 0.3 is 0 Å². The minimum absolute atomic E-state index is 0.259. The van der Waals surface area contributed by atoms with Gasteiger partial charge in [-0.25, -0.2) is 4.39 Å². The largest absolute Gasteiger partial charge is 0.457 e. The Balaban J connectivity index is 2.00. The molecule has 0 aliphatic rings. The first-order valence-electron chi connectivity index (χ1n) is 7.28.